The van der Waals surface area contributed by atoms with Crippen LogP contribution in [-0.2, 0) is 6.42 Å². The molecule has 5 rings (SSSR count). The Bertz CT molecular complexity index is 1270. The van der Waals surface area contributed by atoms with Gasteiger partial charge in [-0.3, -0.25) is 4.79 Å². The molecule has 4 aromatic rings. The third-order valence-corrected chi connectivity index (χ3v) is 6.60. The van der Waals surface area contributed by atoms with Gasteiger partial charge in [-0.15, -0.1) is 0 Å². The molecule has 3 heterocycles. The van der Waals surface area contributed by atoms with Crippen LogP contribution in [0.15, 0.2) is 61.1 Å². The second-order valence-corrected chi connectivity index (χ2v) is 8.91. The Kier molecular flexibility index (Phi) is 5.86. The minimum Gasteiger partial charge on any atom is -0.335 e. The Labute approximate surface area is 193 Å². The summed E-state index contributed by atoms with van der Waals surface area (Å²) in [5.41, 5.74) is 3.36. The van der Waals surface area contributed by atoms with Crippen LogP contribution < -0.4 is 0 Å². The largest absolute Gasteiger partial charge is 0.335 e. The molecule has 7 nitrogen and oxygen atoms in total. The standard InChI is InChI=1S/C26H28N6O/c1-18-9-10-24(32-28-13-14-29-32)21(16-18)26(33)31-15-5-6-19(2)23(31)11-12-25-27-17-20-7-3-4-8-22(20)30-25/h3-4,7-10,13-14,16-17,19,23H,5-6,11-12,15H2,1-2H3/t19-,23-/m1/s1. The molecule has 2 atom stereocenters. The minimum atomic E-state index is 0.0435. The first-order valence-electron chi connectivity index (χ1n) is 11.6. The number of carbonyl (C=O) groups is 1. The van der Waals surface area contributed by atoms with Gasteiger partial charge in [0.05, 0.1) is 29.2 Å². The lowest BCUT2D eigenvalue weighted by Gasteiger charge is -2.40. The number of rotatable bonds is 5. The number of hydrogen-bond acceptors (Lipinski definition) is 5. The van der Waals surface area contributed by atoms with Gasteiger partial charge in [0.15, 0.2) is 0 Å². The molecule has 1 amide bonds. The van der Waals surface area contributed by atoms with Crippen molar-refractivity contribution in [1.82, 2.24) is 29.9 Å². The number of likely N-dealkylation sites (tertiary alicyclic amines) is 1. The molecule has 2 aromatic carbocycles. The number of fused-ring (bicyclic) bond motifs is 1. The first-order valence-corrected chi connectivity index (χ1v) is 11.6. The summed E-state index contributed by atoms with van der Waals surface area (Å²) in [5.74, 6) is 1.29. The highest BCUT2D eigenvalue weighted by atomic mass is 16.2. The molecule has 0 bridgehead atoms. The zero-order valence-corrected chi connectivity index (χ0v) is 19.1. The average molecular weight is 441 g/mol. The Morgan fingerprint density at radius 2 is 1.94 bits per heavy atom. The van der Waals surface area contributed by atoms with Crippen molar-refractivity contribution < 1.29 is 4.79 Å². The first kappa shape index (κ1) is 21.2. The zero-order valence-electron chi connectivity index (χ0n) is 19.1. The molecular formula is C26H28N6O. The number of piperidine rings is 1. The lowest BCUT2D eigenvalue weighted by Crippen LogP contribution is -2.48. The highest BCUT2D eigenvalue weighted by Gasteiger charge is 2.33. The summed E-state index contributed by atoms with van der Waals surface area (Å²) in [6.07, 6.45) is 8.86. The third kappa shape index (κ3) is 4.35. The van der Waals surface area contributed by atoms with Crippen molar-refractivity contribution in [3.8, 4) is 5.69 Å². The predicted molar refractivity (Wildman–Crippen MR) is 127 cm³/mol. The van der Waals surface area contributed by atoms with Crippen LogP contribution in [0.2, 0.25) is 0 Å². The van der Waals surface area contributed by atoms with Gasteiger partial charge in [-0.05, 0) is 50.3 Å². The van der Waals surface area contributed by atoms with E-state index in [4.69, 9.17) is 4.98 Å². The molecule has 1 fully saturated rings. The molecule has 7 heteroatoms. The highest BCUT2D eigenvalue weighted by molar-refractivity contribution is 5.98. The maximum absolute atomic E-state index is 13.8. The van der Waals surface area contributed by atoms with Crippen molar-refractivity contribution in [2.45, 2.75) is 45.6 Å². The summed E-state index contributed by atoms with van der Waals surface area (Å²) in [5, 5.41) is 9.56. The molecule has 0 saturated carbocycles. The Morgan fingerprint density at radius 1 is 1.12 bits per heavy atom. The number of carbonyl (C=O) groups excluding carboxylic acids is 1. The van der Waals surface area contributed by atoms with Crippen LogP contribution >= 0.6 is 0 Å². The maximum atomic E-state index is 13.8. The van der Waals surface area contributed by atoms with Crippen LogP contribution in [0.25, 0.3) is 16.6 Å². The summed E-state index contributed by atoms with van der Waals surface area (Å²) in [7, 11) is 0. The normalized spacial score (nSPS) is 18.5. The van der Waals surface area contributed by atoms with Crippen molar-refractivity contribution in [3.05, 3.63) is 78.0 Å². The van der Waals surface area contributed by atoms with Crippen LogP contribution in [0.4, 0.5) is 0 Å². The molecule has 2 aromatic heterocycles. The van der Waals surface area contributed by atoms with Gasteiger partial charge in [-0.2, -0.15) is 15.0 Å². The molecule has 0 radical (unpaired) electrons. The predicted octanol–water partition coefficient (Wildman–Crippen LogP) is 4.39. The highest BCUT2D eigenvalue weighted by Crippen LogP contribution is 2.29. The van der Waals surface area contributed by atoms with Crippen molar-refractivity contribution in [2.75, 3.05) is 6.54 Å². The molecule has 0 aliphatic carbocycles. The van der Waals surface area contributed by atoms with E-state index in [2.05, 4.69) is 27.0 Å². The van der Waals surface area contributed by atoms with Crippen LogP contribution in [-0.4, -0.2) is 48.4 Å². The van der Waals surface area contributed by atoms with E-state index in [9.17, 15) is 4.79 Å². The monoisotopic (exact) mass is 440 g/mol. The van der Waals surface area contributed by atoms with Crippen LogP contribution in [0, 0.1) is 12.8 Å². The van der Waals surface area contributed by atoms with Crippen molar-refractivity contribution >= 4 is 16.8 Å². The molecule has 168 valence electrons. The fraction of sp³-hybridized carbons (Fsp3) is 0.346. The molecule has 0 N–H and O–H groups in total. The van der Waals surface area contributed by atoms with Crippen LogP contribution in [0.1, 0.15) is 47.9 Å². The molecule has 1 saturated heterocycles. The lowest BCUT2D eigenvalue weighted by molar-refractivity contribution is 0.0498. The van der Waals surface area contributed by atoms with Gasteiger partial charge in [0, 0.05) is 30.6 Å². The Balaban J connectivity index is 1.41. The number of amides is 1. The van der Waals surface area contributed by atoms with E-state index in [1.54, 1.807) is 12.4 Å². The van der Waals surface area contributed by atoms with E-state index in [1.807, 2.05) is 55.6 Å². The molecule has 0 unspecified atom stereocenters. The molecule has 33 heavy (non-hydrogen) atoms. The van der Waals surface area contributed by atoms with E-state index in [0.717, 1.165) is 54.5 Å². The minimum absolute atomic E-state index is 0.0435. The maximum Gasteiger partial charge on any atom is 0.256 e. The van der Waals surface area contributed by atoms with E-state index in [1.165, 1.54) is 4.80 Å². The zero-order chi connectivity index (χ0) is 22.8. The van der Waals surface area contributed by atoms with Crippen molar-refractivity contribution in [1.29, 1.82) is 0 Å². The summed E-state index contributed by atoms with van der Waals surface area (Å²) in [6.45, 7) is 5.01. The number of nitrogens with zero attached hydrogens (tertiary/aromatic N) is 6. The SMILES string of the molecule is Cc1ccc(-n2nccn2)c(C(=O)N2CCC[C@@H](C)[C@H]2CCc2ncc3ccccc3n2)c1. The summed E-state index contributed by atoms with van der Waals surface area (Å²) in [6, 6.07) is 14.0. The Morgan fingerprint density at radius 3 is 2.79 bits per heavy atom. The fourth-order valence-corrected chi connectivity index (χ4v) is 4.84. The van der Waals surface area contributed by atoms with Crippen molar-refractivity contribution in [3.63, 3.8) is 0 Å². The summed E-state index contributed by atoms with van der Waals surface area (Å²) < 4.78 is 0. The summed E-state index contributed by atoms with van der Waals surface area (Å²) >= 11 is 0. The van der Waals surface area contributed by atoms with E-state index < -0.39 is 0 Å². The molecule has 1 aliphatic heterocycles. The number of para-hydroxylation sites is 1. The number of hydrogen-bond donors (Lipinski definition) is 0. The third-order valence-electron chi connectivity index (χ3n) is 6.60. The van der Waals surface area contributed by atoms with Gasteiger partial charge in [-0.1, -0.05) is 36.8 Å². The van der Waals surface area contributed by atoms with Gasteiger partial charge in [-0.25, -0.2) is 9.97 Å². The number of benzene rings is 2. The molecule has 1 aliphatic rings. The summed E-state index contributed by atoms with van der Waals surface area (Å²) in [4.78, 5) is 26.7. The first-order chi connectivity index (χ1) is 16.1. The second kappa shape index (κ2) is 9.10. The fourth-order valence-electron chi connectivity index (χ4n) is 4.84. The quantitative estimate of drug-likeness (QED) is 0.460. The number of aromatic nitrogens is 5. The van der Waals surface area contributed by atoms with Crippen LogP contribution in [0.3, 0.4) is 0 Å². The van der Waals surface area contributed by atoms with Crippen LogP contribution in [0.5, 0.6) is 0 Å². The average Bonchev–Trinajstić information content (AvgIpc) is 3.37. The topological polar surface area (TPSA) is 76.8 Å². The lowest BCUT2D eigenvalue weighted by atomic mass is 9.87. The van der Waals surface area contributed by atoms with Gasteiger partial charge in [0.1, 0.15) is 5.82 Å². The van der Waals surface area contributed by atoms with Gasteiger partial charge in [0.2, 0.25) is 0 Å². The number of aryl methyl sites for hydroxylation is 2. The molecule has 0 spiro atoms. The van der Waals surface area contributed by atoms with Gasteiger partial charge < -0.3 is 4.90 Å². The van der Waals surface area contributed by atoms with Gasteiger partial charge in [0.25, 0.3) is 5.91 Å². The molecular weight excluding hydrogens is 412 g/mol. The van der Waals surface area contributed by atoms with E-state index in [0.29, 0.717) is 17.2 Å². The second-order valence-electron chi connectivity index (χ2n) is 8.91. The van der Waals surface area contributed by atoms with E-state index >= 15 is 0 Å². The Hall–Kier alpha value is -3.61. The van der Waals surface area contributed by atoms with Crippen molar-refractivity contribution in [2.24, 2.45) is 5.92 Å². The van der Waals surface area contributed by atoms with Gasteiger partial charge >= 0.3 is 0 Å². The smallest absolute Gasteiger partial charge is 0.256 e. The van der Waals surface area contributed by atoms with E-state index in [-0.39, 0.29) is 11.9 Å².